The monoisotopic (exact) mass is 248 g/mol. The zero-order chi connectivity index (χ0) is 13.0. The summed E-state index contributed by atoms with van der Waals surface area (Å²) in [6.07, 6.45) is 3.97. The molecule has 0 radical (unpaired) electrons. The van der Waals surface area contributed by atoms with Gasteiger partial charge in [-0.1, -0.05) is 31.0 Å². The lowest BCUT2D eigenvalue weighted by Gasteiger charge is -2.37. The van der Waals surface area contributed by atoms with Crippen molar-refractivity contribution in [1.82, 2.24) is 4.90 Å². The second-order valence-electron chi connectivity index (χ2n) is 4.80. The Morgan fingerprint density at radius 1 is 1.28 bits per heavy atom. The van der Waals surface area contributed by atoms with Crippen molar-refractivity contribution in [2.24, 2.45) is 5.73 Å². The number of rotatable bonds is 3. The Balaban J connectivity index is 2.15. The molecule has 1 aromatic carbocycles. The van der Waals surface area contributed by atoms with Crippen LogP contribution < -0.4 is 5.73 Å². The number of nitrogens with zero attached hydrogens (tertiary/aromatic N) is 1. The molecule has 1 aliphatic carbocycles. The summed E-state index contributed by atoms with van der Waals surface area (Å²) in [5.74, 6) is -0.138. The Morgan fingerprint density at radius 3 is 2.56 bits per heavy atom. The van der Waals surface area contributed by atoms with E-state index in [4.69, 9.17) is 5.73 Å². The van der Waals surface area contributed by atoms with Crippen molar-refractivity contribution in [3.8, 4) is 0 Å². The summed E-state index contributed by atoms with van der Waals surface area (Å²) in [5, 5.41) is 9.48. The van der Waals surface area contributed by atoms with E-state index in [1.54, 1.807) is 12.1 Å². The van der Waals surface area contributed by atoms with Crippen molar-refractivity contribution < 1.29 is 9.90 Å². The van der Waals surface area contributed by atoms with E-state index in [0.29, 0.717) is 5.56 Å². The van der Waals surface area contributed by atoms with Gasteiger partial charge in [-0.05, 0) is 25.0 Å². The third-order valence-electron chi connectivity index (χ3n) is 3.62. The van der Waals surface area contributed by atoms with Crippen molar-refractivity contribution in [3.05, 3.63) is 35.9 Å². The molecule has 0 heterocycles. The number of nitrogens with two attached hydrogens (primary N) is 1. The quantitative estimate of drug-likeness (QED) is 0.793. The van der Waals surface area contributed by atoms with Gasteiger partial charge in [0.15, 0.2) is 0 Å². The van der Waals surface area contributed by atoms with E-state index in [2.05, 4.69) is 0 Å². The van der Waals surface area contributed by atoms with Crippen molar-refractivity contribution in [2.45, 2.75) is 37.8 Å². The van der Waals surface area contributed by atoms with Gasteiger partial charge < -0.3 is 15.7 Å². The number of aliphatic hydroxyl groups excluding tert-OH is 1. The normalized spacial score (nSPS) is 23.7. The van der Waals surface area contributed by atoms with Crippen LogP contribution in [0.15, 0.2) is 30.3 Å². The molecule has 2 rings (SSSR count). The molecular formula is C14H20N2O2. The first-order valence-corrected chi connectivity index (χ1v) is 6.46. The topological polar surface area (TPSA) is 66.6 Å². The largest absolute Gasteiger partial charge is 0.376 e. The van der Waals surface area contributed by atoms with Gasteiger partial charge in [-0.3, -0.25) is 4.79 Å². The molecule has 1 amide bonds. The third-order valence-corrected chi connectivity index (χ3v) is 3.62. The van der Waals surface area contributed by atoms with Crippen LogP contribution in [-0.4, -0.2) is 34.7 Å². The minimum absolute atomic E-state index is 0.0291. The van der Waals surface area contributed by atoms with E-state index >= 15 is 0 Å². The lowest BCUT2D eigenvalue weighted by Crippen LogP contribution is -2.52. The number of benzene rings is 1. The highest BCUT2D eigenvalue weighted by Gasteiger charge is 2.30. The first-order valence-electron chi connectivity index (χ1n) is 6.46. The number of aliphatic hydroxyl groups is 1. The van der Waals surface area contributed by atoms with Gasteiger partial charge in [-0.15, -0.1) is 0 Å². The maximum atomic E-state index is 12.3. The van der Waals surface area contributed by atoms with Crippen LogP contribution in [0, 0.1) is 0 Å². The standard InChI is InChI=1S/C14H20N2O2/c15-12-8-4-5-9-13(12)16(10-17)14(18)11-6-2-1-3-7-11/h1-3,6-7,12-13,17H,4-5,8-10,15H2. The number of hydrogen-bond acceptors (Lipinski definition) is 3. The lowest BCUT2D eigenvalue weighted by molar-refractivity contribution is 0.0302. The molecule has 0 aliphatic heterocycles. The van der Waals surface area contributed by atoms with Crippen LogP contribution in [0.3, 0.4) is 0 Å². The molecule has 1 aliphatic rings. The molecule has 0 saturated heterocycles. The van der Waals surface area contributed by atoms with Crippen LogP contribution in [0.4, 0.5) is 0 Å². The predicted molar refractivity (Wildman–Crippen MR) is 69.9 cm³/mol. The maximum Gasteiger partial charge on any atom is 0.255 e. The summed E-state index contributed by atoms with van der Waals surface area (Å²) in [7, 11) is 0. The molecule has 3 N–H and O–H groups in total. The molecule has 2 atom stereocenters. The number of carbonyl (C=O) groups excluding carboxylic acids is 1. The van der Waals surface area contributed by atoms with Gasteiger partial charge in [-0.25, -0.2) is 0 Å². The van der Waals surface area contributed by atoms with Crippen LogP contribution in [0.5, 0.6) is 0 Å². The second-order valence-corrected chi connectivity index (χ2v) is 4.80. The molecule has 0 aromatic heterocycles. The zero-order valence-corrected chi connectivity index (χ0v) is 10.5. The van der Waals surface area contributed by atoms with E-state index in [0.717, 1.165) is 25.7 Å². The SMILES string of the molecule is NC1CCCCC1N(CO)C(=O)c1ccccc1. The van der Waals surface area contributed by atoms with Crippen molar-refractivity contribution in [3.63, 3.8) is 0 Å². The van der Waals surface area contributed by atoms with Gasteiger partial charge in [0.2, 0.25) is 0 Å². The summed E-state index contributed by atoms with van der Waals surface area (Å²) >= 11 is 0. The van der Waals surface area contributed by atoms with Crippen LogP contribution in [-0.2, 0) is 0 Å². The molecule has 1 saturated carbocycles. The fourth-order valence-electron chi connectivity index (χ4n) is 2.59. The Kier molecular flexibility index (Phi) is 4.33. The van der Waals surface area contributed by atoms with E-state index < -0.39 is 0 Å². The highest BCUT2D eigenvalue weighted by atomic mass is 16.3. The Morgan fingerprint density at radius 2 is 1.94 bits per heavy atom. The molecule has 18 heavy (non-hydrogen) atoms. The summed E-state index contributed by atoms with van der Waals surface area (Å²) in [6.45, 7) is -0.272. The van der Waals surface area contributed by atoms with E-state index in [-0.39, 0.29) is 24.7 Å². The minimum Gasteiger partial charge on any atom is -0.376 e. The molecule has 4 heteroatoms. The summed E-state index contributed by atoms with van der Waals surface area (Å²) < 4.78 is 0. The first-order chi connectivity index (χ1) is 8.74. The average Bonchev–Trinajstić information content (AvgIpc) is 2.42. The van der Waals surface area contributed by atoms with Crippen molar-refractivity contribution in [2.75, 3.05) is 6.73 Å². The van der Waals surface area contributed by atoms with Crippen LogP contribution in [0.1, 0.15) is 36.0 Å². The number of carbonyl (C=O) groups is 1. The molecule has 1 aromatic rings. The lowest BCUT2D eigenvalue weighted by atomic mass is 9.89. The van der Waals surface area contributed by atoms with Gasteiger partial charge in [0, 0.05) is 17.6 Å². The zero-order valence-electron chi connectivity index (χ0n) is 10.5. The Hall–Kier alpha value is -1.39. The highest BCUT2D eigenvalue weighted by Crippen LogP contribution is 2.23. The molecule has 98 valence electrons. The van der Waals surface area contributed by atoms with Crippen molar-refractivity contribution >= 4 is 5.91 Å². The predicted octanol–water partition coefficient (Wildman–Crippen LogP) is 1.35. The summed E-state index contributed by atoms with van der Waals surface area (Å²) in [5.41, 5.74) is 6.67. The van der Waals surface area contributed by atoms with E-state index in [1.807, 2.05) is 18.2 Å². The summed E-state index contributed by atoms with van der Waals surface area (Å²) in [6, 6.07) is 8.97. The maximum absolute atomic E-state index is 12.3. The Labute approximate surface area is 107 Å². The minimum atomic E-state index is -0.272. The van der Waals surface area contributed by atoms with Gasteiger partial charge >= 0.3 is 0 Å². The first kappa shape index (κ1) is 13.1. The molecule has 0 bridgehead atoms. The fourth-order valence-corrected chi connectivity index (χ4v) is 2.59. The van der Waals surface area contributed by atoms with E-state index in [1.165, 1.54) is 4.90 Å². The molecule has 0 spiro atoms. The van der Waals surface area contributed by atoms with Crippen LogP contribution in [0.25, 0.3) is 0 Å². The van der Waals surface area contributed by atoms with Crippen LogP contribution >= 0.6 is 0 Å². The average molecular weight is 248 g/mol. The van der Waals surface area contributed by atoms with Gasteiger partial charge in [-0.2, -0.15) is 0 Å². The van der Waals surface area contributed by atoms with Gasteiger partial charge in [0.1, 0.15) is 6.73 Å². The second kappa shape index (κ2) is 5.98. The van der Waals surface area contributed by atoms with Gasteiger partial charge in [0.05, 0.1) is 0 Å². The molecule has 2 unspecified atom stereocenters. The number of hydrogen-bond donors (Lipinski definition) is 2. The van der Waals surface area contributed by atoms with Crippen molar-refractivity contribution in [1.29, 1.82) is 0 Å². The highest BCUT2D eigenvalue weighted by molar-refractivity contribution is 5.94. The number of amides is 1. The molecular weight excluding hydrogens is 228 g/mol. The molecule has 4 nitrogen and oxygen atoms in total. The molecule has 1 fully saturated rings. The smallest absolute Gasteiger partial charge is 0.255 e. The van der Waals surface area contributed by atoms with Gasteiger partial charge in [0.25, 0.3) is 5.91 Å². The summed E-state index contributed by atoms with van der Waals surface area (Å²) in [4.78, 5) is 13.8. The third kappa shape index (κ3) is 2.71. The van der Waals surface area contributed by atoms with E-state index in [9.17, 15) is 9.90 Å². The van der Waals surface area contributed by atoms with Crippen LogP contribution in [0.2, 0.25) is 0 Å². The fraction of sp³-hybridized carbons (Fsp3) is 0.500. The Bertz CT molecular complexity index is 394.